The number of carbonyl (C=O) groups excluding carboxylic acids is 2. The Balaban J connectivity index is 1.51. The Labute approximate surface area is 152 Å². The van der Waals surface area contributed by atoms with Crippen molar-refractivity contribution < 1.29 is 14.3 Å². The van der Waals surface area contributed by atoms with Crippen LogP contribution in [0.5, 0.6) is 0 Å². The highest BCUT2D eigenvalue weighted by Gasteiger charge is 2.20. The van der Waals surface area contributed by atoms with Gasteiger partial charge in [0.1, 0.15) is 4.88 Å². The van der Waals surface area contributed by atoms with Gasteiger partial charge in [0.25, 0.3) is 5.91 Å². The van der Waals surface area contributed by atoms with Crippen LogP contribution in [0.4, 0.5) is 0 Å². The normalized spacial score (nSPS) is 14.0. The molecule has 2 aromatic rings. The van der Waals surface area contributed by atoms with Crippen LogP contribution in [-0.4, -0.2) is 18.5 Å². The number of ether oxygens (including phenoxy) is 1. The molecular formula is C20H23NO3S. The summed E-state index contributed by atoms with van der Waals surface area (Å²) in [5, 5.41) is 2.88. The van der Waals surface area contributed by atoms with Gasteiger partial charge in [-0.2, -0.15) is 0 Å². The zero-order chi connectivity index (χ0) is 18.0. The number of esters is 1. The highest BCUT2D eigenvalue weighted by atomic mass is 32.1. The maximum atomic E-state index is 12.1. The van der Waals surface area contributed by atoms with Crippen LogP contribution in [0.25, 0.3) is 0 Å². The van der Waals surface area contributed by atoms with Crippen LogP contribution in [0.1, 0.15) is 56.2 Å². The molecule has 3 rings (SSSR count). The van der Waals surface area contributed by atoms with E-state index in [-0.39, 0.29) is 18.6 Å². The van der Waals surface area contributed by atoms with E-state index in [1.54, 1.807) is 0 Å². The fourth-order valence-electron chi connectivity index (χ4n) is 3.03. The summed E-state index contributed by atoms with van der Waals surface area (Å²) in [4.78, 5) is 26.0. The fraction of sp³-hybridized carbons (Fsp3) is 0.400. The third kappa shape index (κ3) is 4.10. The van der Waals surface area contributed by atoms with Crippen LogP contribution in [0, 0.1) is 13.8 Å². The van der Waals surface area contributed by atoms with Gasteiger partial charge in [-0.05, 0) is 68.4 Å². The Morgan fingerprint density at radius 1 is 1.20 bits per heavy atom. The topological polar surface area (TPSA) is 55.4 Å². The molecule has 1 atom stereocenters. The van der Waals surface area contributed by atoms with Crippen molar-refractivity contribution in [2.24, 2.45) is 0 Å². The van der Waals surface area contributed by atoms with E-state index in [1.165, 1.54) is 32.9 Å². The largest absolute Gasteiger partial charge is 0.451 e. The van der Waals surface area contributed by atoms with E-state index in [4.69, 9.17) is 4.74 Å². The van der Waals surface area contributed by atoms with Crippen LogP contribution in [0.15, 0.2) is 24.3 Å². The predicted octanol–water partition coefficient (Wildman–Crippen LogP) is 3.89. The maximum absolute atomic E-state index is 12.1. The molecule has 1 heterocycles. The molecule has 132 valence electrons. The summed E-state index contributed by atoms with van der Waals surface area (Å²) in [7, 11) is 0. The van der Waals surface area contributed by atoms with Gasteiger partial charge in [-0.25, -0.2) is 4.79 Å². The van der Waals surface area contributed by atoms with Gasteiger partial charge in [-0.15, -0.1) is 11.3 Å². The predicted molar refractivity (Wildman–Crippen MR) is 99.1 cm³/mol. The number of rotatable bonds is 5. The van der Waals surface area contributed by atoms with E-state index in [0.29, 0.717) is 4.88 Å². The maximum Gasteiger partial charge on any atom is 0.348 e. The molecule has 5 heteroatoms. The average Bonchev–Trinajstić information content (AvgIpc) is 3.16. The molecule has 0 saturated heterocycles. The number of carbonyl (C=O) groups is 2. The second kappa shape index (κ2) is 7.40. The Bertz CT molecular complexity index is 788. The molecule has 1 N–H and O–H groups in total. The minimum atomic E-state index is -0.409. The third-order valence-electron chi connectivity index (χ3n) is 4.69. The van der Waals surface area contributed by atoms with Crippen molar-refractivity contribution in [3.05, 3.63) is 56.3 Å². The van der Waals surface area contributed by atoms with Crippen LogP contribution in [0.3, 0.4) is 0 Å². The number of nitrogens with one attached hydrogen (secondary N) is 1. The molecule has 25 heavy (non-hydrogen) atoms. The summed E-state index contributed by atoms with van der Waals surface area (Å²) in [6.07, 6.45) is 3.24. The highest BCUT2D eigenvalue weighted by molar-refractivity contribution is 7.14. The van der Waals surface area contributed by atoms with E-state index < -0.39 is 5.97 Å². The quantitative estimate of drug-likeness (QED) is 0.826. The Morgan fingerprint density at radius 2 is 2.00 bits per heavy atom. The summed E-state index contributed by atoms with van der Waals surface area (Å²) in [6.45, 7) is 5.78. The van der Waals surface area contributed by atoms with Gasteiger partial charge in [-0.1, -0.05) is 18.2 Å². The molecule has 1 amide bonds. The lowest BCUT2D eigenvalue weighted by Crippen LogP contribution is -2.31. The monoisotopic (exact) mass is 357 g/mol. The number of aryl methyl sites for hydroxylation is 4. The second-order valence-corrected chi connectivity index (χ2v) is 7.76. The molecule has 0 fully saturated rings. The second-order valence-electron chi connectivity index (χ2n) is 6.62. The summed E-state index contributed by atoms with van der Waals surface area (Å²) < 4.78 is 5.17. The average molecular weight is 357 g/mol. The van der Waals surface area contributed by atoms with E-state index in [2.05, 4.69) is 18.3 Å². The van der Waals surface area contributed by atoms with Gasteiger partial charge in [0, 0.05) is 4.88 Å². The first-order valence-electron chi connectivity index (χ1n) is 8.59. The summed E-state index contributed by atoms with van der Waals surface area (Å²) in [6, 6.07) is 7.90. The van der Waals surface area contributed by atoms with Crippen LogP contribution >= 0.6 is 11.3 Å². The van der Waals surface area contributed by atoms with E-state index >= 15 is 0 Å². The zero-order valence-electron chi connectivity index (χ0n) is 14.8. The number of hydrogen-bond acceptors (Lipinski definition) is 4. The molecule has 1 aliphatic rings. The lowest BCUT2D eigenvalue weighted by Gasteiger charge is -2.15. The first-order valence-corrected chi connectivity index (χ1v) is 9.41. The molecule has 0 spiro atoms. The smallest absolute Gasteiger partial charge is 0.348 e. The summed E-state index contributed by atoms with van der Waals surface area (Å²) in [5.41, 5.74) is 4.71. The highest BCUT2D eigenvalue weighted by Crippen LogP contribution is 2.30. The Hall–Kier alpha value is -2.14. The van der Waals surface area contributed by atoms with Crippen molar-refractivity contribution >= 4 is 23.2 Å². The lowest BCUT2D eigenvalue weighted by molar-refractivity contribution is -0.124. The molecule has 0 saturated carbocycles. The molecule has 1 aromatic heterocycles. The van der Waals surface area contributed by atoms with Gasteiger partial charge in [0.15, 0.2) is 6.61 Å². The van der Waals surface area contributed by atoms with E-state index in [0.717, 1.165) is 24.8 Å². The standard InChI is InChI=1S/C20H23NO3S/c1-12-7-8-15(9-13(12)2)14(3)21-19(22)11-24-20(23)18-10-16-5-4-6-17(16)25-18/h7-10,14H,4-6,11H2,1-3H3,(H,21,22)/t14-/m1/s1. The van der Waals surface area contributed by atoms with Crippen molar-refractivity contribution in [1.29, 1.82) is 0 Å². The van der Waals surface area contributed by atoms with Crippen molar-refractivity contribution in [3.8, 4) is 0 Å². The Kier molecular flexibility index (Phi) is 5.23. The number of amides is 1. The van der Waals surface area contributed by atoms with Crippen molar-refractivity contribution in [1.82, 2.24) is 5.32 Å². The van der Waals surface area contributed by atoms with E-state index in [9.17, 15) is 9.59 Å². The molecule has 0 unspecified atom stereocenters. The van der Waals surface area contributed by atoms with Gasteiger partial charge in [-0.3, -0.25) is 4.79 Å². The van der Waals surface area contributed by atoms with Gasteiger partial charge in [0.2, 0.25) is 0 Å². The molecule has 0 bridgehead atoms. The van der Waals surface area contributed by atoms with Gasteiger partial charge < -0.3 is 10.1 Å². The van der Waals surface area contributed by atoms with Crippen LogP contribution < -0.4 is 5.32 Å². The fourth-order valence-corrected chi connectivity index (χ4v) is 4.18. The molecule has 0 radical (unpaired) electrons. The molecular weight excluding hydrogens is 334 g/mol. The van der Waals surface area contributed by atoms with Crippen LogP contribution in [-0.2, 0) is 22.4 Å². The number of hydrogen-bond donors (Lipinski definition) is 1. The molecule has 0 aliphatic heterocycles. The number of benzene rings is 1. The zero-order valence-corrected chi connectivity index (χ0v) is 15.7. The first-order chi connectivity index (χ1) is 11.9. The summed E-state index contributed by atoms with van der Waals surface area (Å²) in [5.74, 6) is -0.698. The Morgan fingerprint density at radius 3 is 2.72 bits per heavy atom. The van der Waals surface area contributed by atoms with Gasteiger partial charge >= 0.3 is 5.97 Å². The first kappa shape index (κ1) is 17.7. The molecule has 1 aromatic carbocycles. The van der Waals surface area contributed by atoms with Crippen molar-refractivity contribution in [2.45, 2.75) is 46.1 Å². The van der Waals surface area contributed by atoms with Crippen molar-refractivity contribution in [3.63, 3.8) is 0 Å². The van der Waals surface area contributed by atoms with Crippen molar-refractivity contribution in [2.75, 3.05) is 6.61 Å². The molecule has 1 aliphatic carbocycles. The van der Waals surface area contributed by atoms with Gasteiger partial charge in [0.05, 0.1) is 6.04 Å². The minimum absolute atomic E-state index is 0.129. The number of thiophene rings is 1. The lowest BCUT2D eigenvalue weighted by atomic mass is 10.0. The van der Waals surface area contributed by atoms with E-state index in [1.807, 2.05) is 32.0 Å². The minimum Gasteiger partial charge on any atom is -0.451 e. The third-order valence-corrected chi connectivity index (χ3v) is 5.91. The number of fused-ring (bicyclic) bond motifs is 1. The van der Waals surface area contributed by atoms with Crippen LogP contribution in [0.2, 0.25) is 0 Å². The SMILES string of the molecule is Cc1ccc([C@@H](C)NC(=O)COC(=O)c2cc3c(s2)CCC3)cc1C. The molecule has 4 nitrogen and oxygen atoms in total. The summed E-state index contributed by atoms with van der Waals surface area (Å²) >= 11 is 1.49.